The van der Waals surface area contributed by atoms with E-state index >= 15 is 0 Å². The molecule has 0 spiro atoms. The first kappa shape index (κ1) is 19.8. The van der Waals surface area contributed by atoms with Gasteiger partial charge < -0.3 is 9.47 Å². The summed E-state index contributed by atoms with van der Waals surface area (Å²) in [5.41, 5.74) is 4.09. The monoisotopic (exact) mass is 451 g/mol. The Morgan fingerprint density at radius 2 is 1.68 bits per heavy atom. The lowest BCUT2D eigenvalue weighted by Gasteiger charge is -2.26. The Kier molecular flexibility index (Phi) is 5.26. The molecule has 8 heteroatoms. The van der Waals surface area contributed by atoms with E-state index in [1.807, 2.05) is 64.2 Å². The zero-order valence-corrected chi connectivity index (χ0v) is 18.0. The fourth-order valence-electron chi connectivity index (χ4n) is 4.09. The number of carbonyl (C=O) groups excluding carboxylic acids is 1. The number of H-pyrrole nitrogens is 1. The molecule has 1 atom stereocenters. The normalized spacial score (nSPS) is 15.5. The Morgan fingerprint density at radius 1 is 0.968 bits per heavy atom. The summed E-state index contributed by atoms with van der Waals surface area (Å²) in [5, 5.41) is 8.77. The number of aryl methyl sites for hydroxylation is 1. The Hall–Kier alpha value is -3.09. The van der Waals surface area contributed by atoms with E-state index in [1.165, 1.54) is 0 Å². The first-order valence-electron chi connectivity index (χ1n) is 9.98. The third kappa shape index (κ3) is 3.73. The number of hydrogen-bond acceptors (Lipinski definition) is 3. The summed E-state index contributed by atoms with van der Waals surface area (Å²) in [6, 6.07) is 14.9. The van der Waals surface area contributed by atoms with E-state index in [0.29, 0.717) is 22.3 Å². The molecule has 1 N–H and O–H groups in total. The van der Waals surface area contributed by atoms with E-state index in [-0.39, 0.29) is 11.9 Å². The average molecular weight is 452 g/mol. The highest BCUT2D eigenvalue weighted by Gasteiger charge is 2.41. The molecule has 0 aliphatic carbocycles. The summed E-state index contributed by atoms with van der Waals surface area (Å²) in [6.07, 6.45) is 6.27. The quantitative estimate of drug-likeness (QED) is 0.437. The highest BCUT2D eigenvalue weighted by atomic mass is 35.5. The topological polar surface area (TPSA) is 66.8 Å². The predicted octanol–water partition coefficient (Wildman–Crippen LogP) is 5.22. The van der Waals surface area contributed by atoms with Crippen LogP contribution in [0.5, 0.6) is 0 Å². The molecular formula is C23H19Cl2N5O. The lowest BCUT2D eigenvalue weighted by Crippen LogP contribution is -2.31. The summed E-state index contributed by atoms with van der Waals surface area (Å²) in [5.74, 6) is -0.0479. The van der Waals surface area contributed by atoms with E-state index in [4.69, 9.17) is 23.2 Å². The molecule has 2 aromatic heterocycles. The third-order valence-corrected chi connectivity index (χ3v) is 6.05. The maximum atomic E-state index is 13.3. The predicted molar refractivity (Wildman–Crippen MR) is 120 cm³/mol. The Morgan fingerprint density at radius 3 is 2.35 bits per heavy atom. The number of nitrogens with one attached hydrogen (secondary N) is 1. The molecule has 0 bridgehead atoms. The van der Waals surface area contributed by atoms with Gasteiger partial charge in [0.05, 0.1) is 18.1 Å². The van der Waals surface area contributed by atoms with E-state index < -0.39 is 0 Å². The lowest BCUT2D eigenvalue weighted by atomic mass is 9.96. The van der Waals surface area contributed by atoms with E-state index in [2.05, 4.69) is 15.2 Å². The largest absolute Gasteiger partial charge is 0.337 e. The first-order chi connectivity index (χ1) is 15.1. The molecule has 1 aliphatic heterocycles. The molecule has 31 heavy (non-hydrogen) atoms. The number of nitrogens with zero attached hydrogens (tertiary/aromatic N) is 4. The van der Waals surface area contributed by atoms with Crippen LogP contribution in [0.15, 0.2) is 67.3 Å². The summed E-state index contributed by atoms with van der Waals surface area (Å²) < 4.78 is 2.01. The van der Waals surface area contributed by atoms with Crippen LogP contribution < -0.4 is 0 Å². The molecule has 1 unspecified atom stereocenters. The van der Waals surface area contributed by atoms with Gasteiger partial charge in [-0.15, -0.1) is 0 Å². The summed E-state index contributed by atoms with van der Waals surface area (Å²) >= 11 is 12.2. The lowest BCUT2D eigenvalue weighted by molar-refractivity contribution is 0.0739. The summed E-state index contributed by atoms with van der Waals surface area (Å²) in [7, 11) is 0. The number of aromatic nitrogens is 4. The molecule has 1 amide bonds. The number of hydrogen-bond donors (Lipinski definition) is 1. The molecule has 5 rings (SSSR count). The standard InChI is InChI=1S/C23H19Cl2N5O/c24-17-6-2-15(3-7-17)20-19-21(28-27-20)23(31)30(12-1-11-29-13-10-26-14-29)22(19)16-4-8-18(25)9-5-16/h2-10,13-14,22H,1,11-12H2,(H,27,28). The maximum Gasteiger partial charge on any atom is 0.273 e. The van der Waals surface area contributed by atoms with Gasteiger partial charge in [0.15, 0.2) is 0 Å². The van der Waals surface area contributed by atoms with Crippen LogP contribution in [0.25, 0.3) is 11.3 Å². The molecule has 0 fully saturated rings. The molecule has 2 aromatic carbocycles. The smallest absolute Gasteiger partial charge is 0.273 e. The van der Waals surface area contributed by atoms with Crippen molar-refractivity contribution in [2.45, 2.75) is 19.0 Å². The zero-order valence-electron chi connectivity index (χ0n) is 16.5. The number of fused-ring (bicyclic) bond motifs is 1. The Balaban J connectivity index is 1.52. The van der Waals surface area contributed by atoms with Crippen LogP contribution >= 0.6 is 23.2 Å². The van der Waals surface area contributed by atoms with Gasteiger partial charge in [-0.2, -0.15) is 5.10 Å². The second-order valence-electron chi connectivity index (χ2n) is 7.47. The Labute approximate surface area is 189 Å². The minimum Gasteiger partial charge on any atom is -0.337 e. The zero-order chi connectivity index (χ0) is 21.4. The van der Waals surface area contributed by atoms with Gasteiger partial charge in [0.25, 0.3) is 5.91 Å². The van der Waals surface area contributed by atoms with Crippen molar-refractivity contribution in [1.82, 2.24) is 24.6 Å². The van der Waals surface area contributed by atoms with Crippen molar-refractivity contribution in [1.29, 1.82) is 0 Å². The van der Waals surface area contributed by atoms with Crippen molar-refractivity contribution in [3.63, 3.8) is 0 Å². The number of rotatable bonds is 6. The molecular weight excluding hydrogens is 433 g/mol. The molecule has 1 aliphatic rings. The van der Waals surface area contributed by atoms with Crippen molar-refractivity contribution in [2.24, 2.45) is 0 Å². The molecule has 3 heterocycles. The second-order valence-corrected chi connectivity index (χ2v) is 8.35. The molecule has 0 saturated carbocycles. The van der Waals surface area contributed by atoms with Gasteiger partial charge >= 0.3 is 0 Å². The van der Waals surface area contributed by atoms with Crippen molar-refractivity contribution >= 4 is 29.1 Å². The van der Waals surface area contributed by atoms with E-state index in [1.54, 1.807) is 12.5 Å². The maximum absolute atomic E-state index is 13.3. The van der Waals surface area contributed by atoms with Crippen LogP contribution in [-0.4, -0.2) is 37.1 Å². The van der Waals surface area contributed by atoms with Gasteiger partial charge in [-0.3, -0.25) is 9.89 Å². The van der Waals surface area contributed by atoms with Gasteiger partial charge in [-0.1, -0.05) is 47.5 Å². The number of benzene rings is 2. The molecule has 156 valence electrons. The van der Waals surface area contributed by atoms with Gasteiger partial charge in [0.2, 0.25) is 0 Å². The molecule has 0 radical (unpaired) electrons. The van der Waals surface area contributed by atoms with E-state index in [0.717, 1.165) is 35.3 Å². The van der Waals surface area contributed by atoms with Gasteiger partial charge in [-0.05, 0) is 36.2 Å². The first-order valence-corrected chi connectivity index (χ1v) is 10.7. The SMILES string of the molecule is O=C1c2[nH]nc(-c3ccc(Cl)cc3)c2C(c2ccc(Cl)cc2)N1CCCn1ccnc1. The van der Waals surface area contributed by atoms with Crippen LogP contribution in [0.1, 0.15) is 34.1 Å². The molecule has 6 nitrogen and oxygen atoms in total. The fourth-order valence-corrected chi connectivity index (χ4v) is 4.34. The van der Waals surface area contributed by atoms with Crippen LogP contribution in [-0.2, 0) is 6.54 Å². The fraction of sp³-hybridized carbons (Fsp3) is 0.174. The number of imidazole rings is 1. The Bertz CT molecular complexity index is 1200. The molecule has 0 saturated heterocycles. The van der Waals surface area contributed by atoms with Crippen LogP contribution in [0.3, 0.4) is 0 Å². The highest BCUT2D eigenvalue weighted by molar-refractivity contribution is 6.30. The minimum atomic E-state index is -0.244. The van der Waals surface area contributed by atoms with Gasteiger partial charge in [0.1, 0.15) is 5.69 Å². The second kappa shape index (κ2) is 8.21. The van der Waals surface area contributed by atoms with E-state index in [9.17, 15) is 4.79 Å². The van der Waals surface area contributed by atoms with Crippen LogP contribution in [0.4, 0.5) is 0 Å². The van der Waals surface area contributed by atoms with Crippen molar-refractivity contribution in [3.05, 3.63) is 94.1 Å². The van der Waals surface area contributed by atoms with Crippen molar-refractivity contribution in [3.8, 4) is 11.3 Å². The van der Waals surface area contributed by atoms with Gasteiger partial charge in [0, 0.05) is 46.7 Å². The third-order valence-electron chi connectivity index (χ3n) is 5.54. The summed E-state index contributed by atoms with van der Waals surface area (Å²) in [6.45, 7) is 1.39. The van der Waals surface area contributed by atoms with Crippen LogP contribution in [0, 0.1) is 0 Å². The van der Waals surface area contributed by atoms with Crippen molar-refractivity contribution in [2.75, 3.05) is 6.54 Å². The number of aromatic amines is 1. The molecule has 4 aromatic rings. The number of halogens is 2. The highest BCUT2D eigenvalue weighted by Crippen LogP contribution is 2.43. The van der Waals surface area contributed by atoms with Crippen LogP contribution in [0.2, 0.25) is 10.0 Å². The van der Waals surface area contributed by atoms with Gasteiger partial charge in [-0.25, -0.2) is 4.98 Å². The summed E-state index contributed by atoms with van der Waals surface area (Å²) in [4.78, 5) is 19.3. The van der Waals surface area contributed by atoms with Crippen molar-refractivity contribution < 1.29 is 4.79 Å². The minimum absolute atomic E-state index is 0.0479. The number of amides is 1. The average Bonchev–Trinajstić information content (AvgIpc) is 3.49. The number of carbonyl (C=O) groups is 1.